The van der Waals surface area contributed by atoms with E-state index in [-0.39, 0.29) is 11.5 Å². The summed E-state index contributed by atoms with van der Waals surface area (Å²) in [5, 5.41) is 19.1. The summed E-state index contributed by atoms with van der Waals surface area (Å²) < 4.78 is 5.57. The van der Waals surface area contributed by atoms with Crippen molar-refractivity contribution in [2.24, 2.45) is 0 Å². The minimum absolute atomic E-state index is 0.0876. The molecule has 0 N–H and O–H groups in total. The lowest BCUT2D eigenvalue weighted by Gasteiger charge is -2.01. The monoisotopic (exact) mass is 299 g/mol. The summed E-state index contributed by atoms with van der Waals surface area (Å²) in [7, 11) is 0. The first-order chi connectivity index (χ1) is 10.1. The van der Waals surface area contributed by atoms with Gasteiger partial charge < -0.3 is 14.3 Å². The minimum atomic E-state index is -1.23. The zero-order valence-electron chi connectivity index (χ0n) is 10.6. The standard InChI is InChI=1S/C15H9ClN2O3/c16-12-4-2-1-3-11(12)14-18-17-13(21-14)9-5-7-10(8-6-9)15(19)20/h1-8H,(H,19,20)/p-1. The molecule has 0 saturated heterocycles. The van der Waals surface area contributed by atoms with Gasteiger partial charge in [-0.3, -0.25) is 0 Å². The van der Waals surface area contributed by atoms with Crippen molar-refractivity contribution < 1.29 is 14.3 Å². The zero-order chi connectivity index (χ0) is 14.8. The fraction of sp³-hybridized carbons (Fsp3) is 0. The first-order valence-electron chi connectivity index (χ1n) is 6.05. The van der Waals surface area contributed by atoms with Gasteiger partial charge >= 0.3 is 0 Å². The topological polar surface area (TPSA) is 79.0 Å². The molecule has 6 heteroatoms. The Kier molecular flexibility index (Phi) is 3.41. The third-order valence-electron chi connectivity index (χ3n) is 2.90. The molecule has 3 rings (SSSR count). The van der Waals surface area contributed by atoms with Gasteiger partial charge in [-0.05, 0) is 29.8 Å². The summed E-state index contributed by atoms with van der Waals surface area (Å²) in [5.41, 5.74) is 1.35. The Morgan fingerprint density at radius 3 is 2.33 bits per heavy atom. The SMILES string of the molecule is O=C([O-])c1ccc(-c2nnc(-c3ccccc3Cl)o2)cc1. The summed E-state index contributed by atoms with van der Waals surface area (Å²) in [5.74, 6) is -0.641. The molecule has 0 amide bonds. The number of hydrogen-bond acceptors (Lipinski definition) is 5. The summed E-state index contributed by atoms with van der Waals surface area (Å²) in [6.45, 7) is 0. The number of nitrogens with zero attached hydrogens (tertiary/aromatic N) is 2. The van der Waals surface area contributed by atoms with Crippen LogP contribution in [0.15, 0.2) is 52.9 Å². The zero-order valence-corrected chi connectivity index (χ0v) is 11.4. The molecule has 1 aromatic heterocycles. The van der Waals surface area contributed by atoms with Crippen molar-refractivity contribution in [2.75, 3.05) is 0 Å². The molecule has 21 heavy (non-hydrogen) atoms. The molecule has 1 heterocycles. The molecule has 0 fully saturated rings. The molecular weight excluding hydrogens is 292 g/mol. The van der Waals surface area contributed by atoms with Gasteiger partial charge in [0.2, 0.25) is 11.8 Å². The van der Waals surface area contributed by atoms with Gasteiger partial charge in [-0.25, -0.2) is 0 Å². The van der Waals surface area contributed by atoms with E-state index in [2.05, 4.69) is 10.2 Å². The van der Waals surface area contributed by atoms with E-state index in [0.29, 0.717) is 22.0 Å². The smallest absolute Gasteiger partial charge is 0.249 e. The molecule has 5 nitrogen and oxygen atoms in total. The molecule has 0 aliphatic rings. The Hall–Kier alpha value is -2.66. The van der Waals surface area contributed by atoms with Crippen LogP contribution in [-0.4, -0.2) is 16.2 Å². The maximum Gasteiger partial charge on any atom is 0.249 e. The largest absolute Gasteiger partial charge is 0.545 e. The molecule has 0 aliphatic heterocycles. The van der Waals surface area contributed by atoms with Crippen molar-refractivity contribution >= 4 is 17.6 Å². The van der Waals surface area contributed by atoms with Gasteiger partial charge in [-0.1, -0.05) is 35.9 Å². The molecule has 0 saturated carbocycles. The van der Waals surface area contributed by atoms with Crippen molar-refractivity contribution in [1.29, 1.82) is 0 Å². The second-order valence-corrected chi connectivity index (χ2v) is 4.66. The summed E-state index contributed by atoms with van der Waals surface area (Å²) in [6.07, 6.45) is 0. The summed E-state index contributed by atoms with van der Waals surface area (Å²) >= 11 is 6.07. The molecule has 0 unspecified atom stereocenters. The number of rotatable bonds is 3. The number of aromatic carboxylic acids is 1. The highest BCUT2D eigenvalue weighted by Gasteiger charge is 2.12. The van der Waals surface area contributed by atoms with Crippen molar-refractivity contribution in [2.45, 2.75) is 0 Å². The van der Waals surface area contributed by atoms with Crippen molar-refractivity contribution in [3.05, 3.63) is 59.1 Å². The predicted molar refractivity (Wildman–Crippen MR) is 74.5 cm³/mol. The van der Waals surface area contributed by atoms with Crippen LogP contribution in [0.25, 0.3) is 22.9 Å². The molecule has 0 radical (unpaired) electrons. The van der Waals surface area contributed by atoms with Crippen LogP contribution in [0, 0.1) is 0 Å². The molecule has 0 spiro atoms. The fourth-order valence-electron chi connectivity index (χ4n) is 1.83. The Morgan fingerprint density at radius 2 is 1.67 bits per heavy atom. The van der Waals surface area contributed by atoms with Crippen LogP contribution in [0.2, 0.25) is 5.02 Å². The molecule has 104 valence electrons. The quantitative estimate of drug-likeness (QED) is 0.742. The molecule has 3 aromatic rings. The predicted octanol–water partition coefficient (Wildman–Crippen LogP) is 2.42. The number of halogens is 1. The lowest BCUT2D eigenvalue weighted by atomic mass is 10.1. The second kappa shape index (κ2) is 5.38. The number of aromatic nitrogens is 2. The van der Waals surface area contributed by atoms with Crippen LogP contribution in [0.3, 0.4) is 0 Å². The van der Waals surface area contributed by atoms with Crippen LogP contribution in [0.1, 0.15) is 10.4 Å². The van der Waals surface area contributed by atoms with E-state index in [1.807, 2.05) is 12.1 Å². The number of carbonyl (C=O) groups is 1. The van der Waals surface area contributed by atoms with Gasteiger partial charge in [-0.2, -0.15) is 0 Å². The number of carboxylic acids is 1. The molecule has 2 aromatic carbocycles. The number of hydrogen-bond donors (Lipinski definition) is 0. The third-order valence-corrected chi connectivity index (χ3v) is 3.23. The normalized spacial score (nSPS) is 10.5. The van der Waals surface area contributed by atoms with Gasteiger partial charge in [0, 0.05) is 5.56 Å². The highest BCUT2D eigenvalue weighted by molar-refractivity contribution is 6.33. The number of carboxylic acid groups (broad SMARTS) is 1. The maximum absolute atomic E-state index is 10.7. The van der Waals surface area contributed by atoms with Gasteiger partial charge in [-0.15, -0.1) is 10.2 Å². The van der Waals surface area contributed by atoms with Gasteiger partial charge in [0.25, 0.3) is 0 Å². The lowest BCUT2D eigenvalue weighted by Crippen LogP contribution is -2.21. The van der Waals surface area contributed by atoms with Crippen molar-refractivity contribution in [3.8, 4) is 22.9 Å². The van der Waals surface area contributed by atoms with E-state index in [1.165, 1.54) is 12.1 Å². The van der Waals surface area contributed by atoms with Gasteiger partial charge in [0.15, 0.2) is 0 Å². The maximum atomic E-state index is 10.7. The van der Waals surface area contributed by atoms with E-state index in [1.54, 1.807) is 24.3 Å². The lowest BCUT2D eigenvalue weighted by molar-refractivity contribution is -0.255. The summed E-state index contributed by atoms with van der Waals surface area (Å²) in [4.78, 5) is 10.7. The van der Waals surface area contributed by atoms with Gasteiger partial charge in [0.1, 0.15) is 0 Å². The van der Waals surface area contributed by atoms with E-state index in [0.717, 1.165) is 0 Å². The Labute approximate surface area is 124 Å². The van der Waals surface area contributed by atoms with Crippen LogP contribution < -0.4 is 5.11 Å². The fourth-order valence-corrected chi connectivity index (χ4v) is 2.05. The second-order valence-electron chi connectivity index (χ2n) is 4.26. The van der Waals surface area contributed by atoms with Crippen molar-refractivity contribution in [3.63, 3.8) is 0 Å². The molecule has 0 atom stereocenters. The Morgan fingerprint density at radius 1 is 1.00 bits per heavy atom. The van der Waals surface area contributed by atoms with E-state index in [9.17, 15) is 9.90 Å². The number of carbonyl (C=O) groups excluding carboxylic acids is 1. The molecule has 0 aliphatic carbocycles. The average Bonchev–Trinajstić information content (AvgIpc) is 2.97. The Balaban J connectivity index is 1.95. The van der Waals surface area contributed by atoms with Crippen LogP contribution in [0.4, 0.5) is 0 Å². The van der Waals surface area contributed by atoms with E-state index in [4.69, 9.17) is 16.0 Å². The van der Waals surface area contributed by atoms with E-state index >= 15 is 0 Å². The first kappa shape index (κ1) is 13.3. The highest BCUT2D eigenvalue weighted by Crippen LogP contribution is 2.28. The minimum Gasteiger partial charge on any atom is -0.545 e. The van der Waals surface area contributed by atoms with Crippen LogP contribution >= 0.6 is 11.6 Å². The van der Waals surface area contributed by atoms with Gasteiger partial charge in [0.05, 0.1) is 16.6 Å². The van der Waals surface area contributed by atoms with Crippen LogP contribution in [-0.2, 0) is 0 Å². The highest BCUT2D eigenvalue weighted by atomic mass is 35.5. The van der Waals surface area contributed by atoms with Crippen molar-refractivity contribution in [1.82, 2.24) is 10.2 Å². The first-order valence-corrected chi connectivity index (χ1v) is 6.43. The van der Waals surface area contributed by atoms with E-state index < -0.39 is 5.97 Å². The summed E-state index contributed by atoms with van der Waals surface area (Å²) in [6, 6.07) is 13.1. The number of benzene rings is 2. The average molecular weight is 300 g/mol. The third kappa shape index (κ3) is 2.64. The molecular formula is C15H8ClN2O3-. The Bertz CT molecular complexity index is 797. The van der Waals surface area contributed by atoms with Crippen LogP contribution in [0.5, 0.6) is 0 Å². The molecule has 0 bridgehead atoms.